The molecule has 0 saturated heterocycles. The van der Waals surface area contributed by atoms with Crippen LogP contribution in [-0.4, -0.2) is 14.6 Å². The number of nitrogens with zero attached hydrogens (tertiary/aromatic N) is 4. The van der Waals surface area contributed by atoms with Crippen LogP contribution in [0.1, 0.15) is 42.9 Å². The highest BCUT2D eigenvalue weighted by atomic mass is 16.5. The van der Waals surface area contributed by atoms with Crippen molar-refractivity contribution in [3.63, 3.8) is 0 Å². The van der Waals surface area contributed by atoms with Crippen LogP contribution >= 0.6 is 0 Å². The van der Waals surface area contributed by atoms with Crippen molar-refractivity contribution < 1.29 is 4.74 Å². The van der Waals surface area contributed by atoms with Gasteiger partial charge in [0.05, 0.1) is 11.6 Å². The molecule has 0 radical (unpaired) electrons. The largest absolute Gasteiger partial charge is 0.489 e. The highest BCUT2D eigenvalue weighted by molar-refractivity contribution is 5.59. The predicted octanol–water partition coefficient (Wildman–Crippen LogP) is 5.36. The maximum atomic E-state index is 8.95. The third kappa shape index (κ3) is 4.57. The summed E-state index contributed by atoms with van der Waals surface area (Å²) in [7, 11) is 0. The first-order chi connectivity index (χ1) is 15.2. The fourth-order valence-electron chi connectivity index (χ4n) is 3.39. The van der Waals surface area contributed by atoms with E-state index in [1.54, 1.807) is 16.6 Å². The molecule has 2 aromatic carbocycles. The van der Waals surface area contributed by atoms with Gasteiger partial charge in [0.1, 0.15) is 12.4 Å². The van der Waals surface area contributed by atoms with Crippen LogP contribution in [0.15, 0.2) is 66.9 Å². The molecule has 0 aliphatic heterocycles. The lowest BCUT2D eigenvalue weighted by Gasteiger charge is -2.10. The van der Waals surface area contributed by atoms with Crippen LogP contribution in [0.25, 0.3) is 17.0 Å². The molecule has 0 amide bonds. The summed E-state index contributed by atoms with van der Waals surface area (Å²) in [6, 6.07) is 21.4. The molecule has 0 fully saturated rings. The summed E-state index contributed by atoms with van der Waals surface area (Å²) >= 11 is 0. The van der Waals surface area contributed by atoms with Gasteiger partial charge in [0.25, 0.3) is 0 Å². The Morgan fingerprint density at radius 2 is 1.81 bits per heavy atom. The summed E-state index contributed by atoms with van der Waals surface area (Å²) < 4.78 is 7.71. The molecule has 5 nitrogen and oxygen atoms in total. The zero-order valence-electron chi connectivity index (χ0n) is 17.5. The van der Waals surface area contributed by atoms with Gasteiger partial charge in [-0.15, -0.1) is 11.0 Å². The van der Waals surface area contributed by atoms with Crippen LogP contribution in [-0.2, 0) is 6.61 Å². The maximum absolute atomic E-state index is 8.95. The van der Waals surface area contributed by atoms with Crippen molar-refractivity contribution in [1.29, 1.82) is 5.26 Å². The molecule has 0 aliphatic carbocycles. The average molecular weight is 406 g/mol. The van der Waals surface area contributed by atoms with Gasteiger partial charge >= 0.3 is 0 Å². The van der Waals surface area contributed by atoms with Crippen LogP contribution in [0.3, 0.4) is 0 Å². The molecule has 0 N–H and O–H groups in total. The molecule has 4 rings (SSSR count). The second kappa shape index (κ2) is 9.15. The molecule has 4 aromatic rings. The Morgan fingerprint density at radius 1 is 1.03 bits per heavy atom. The lowest BCUT2D eigenvalue weighted by atomic mass is 9.97. The molecule has 0 bridgehead atoms. The van der Waals surface area contributed by atoms with Gasteiger partial charge in [0.15, 0.2) is 11.5 Å². The van der Waals surface area contributed by atoms with E-state index < -0.39 is 0 Å². The number of ether oxygens (including phenoxy) is 1. The molecule has 31 heavy (non-hydrogen) atoms. The summed E-state index contributed by atoms with van der Waals surface area (Å²) in [4.78, 5) is 4.56. The second-order valence-electron chi connectivity index (χ2n) is 7.18. The molecule has 0 saturated carbocycles. The van der Waals surface area contributed by atoms with E-state index in [-0.39, 0.29) is 5.92 Å². The Kier molecular flexibility index (Phi) is 5.96. The Balaban J connectivity index is 1.46. The molecule has 0 aliphatic rings. The Hall–Kier alpha value is -4.09. The number of rotatable bonds is 6. The summed E-state index contributed by atoms with van der Waals surface area (Å²) in [6.07, 6.45) is 2.91. The smallest absolute Gasteiger partial charge is 0.182 e. The SMILES string of the molecule is CC#C[C@@H](CC)c1ccc(OCc2ccc3nc(-c4ccc(C#N)cc4)nn3c2)cc1. The molecule has 2 heterocycles. The molecule has 0 unspecified atom stereocenters. The van der Waals surface area contributed by atoms with Crippen LogP contribution in [0.4, 0.5) is 0 Å². The van der Waals surface area contributed by atoms with Crippen molar-refractivity contribution in [2.45, 2.75) is 32.8 Å². The topological polar surface area (TPSA) is 63.2 Å². The van der Waals surface area contributed by atoms with Gasteiger partial charge in [-0.3, -0.25) is 0 Å². The maximum Gasteiger partial charge on any atom is 0.182 e. The molecule has 0 spiro atoms. The average Bonchev–Trinajstić information content (AvgIpc) is 3.25. The second-order valence-corrected chi connectivity index (χ2v) is 7.18. The van der Waals surface area contributed by atoms with E-state index in [4.69, 9.17) is 10.00 Å². The van der Waals surface area contributed by atoms with Gasteiger partial charge in [0, 0.05) is 23.2 Å². The number of hydrogen-bond donors (Lipinski definition) is 0. The van der Waals surface area contributed by atoms with Crippen molar-refractivity contribution in [3.05, 3.63) is 83.6 Å². The van der Waals surface area contributed by atoms with Crippen LogP contribution < -0.4 is 4.74 Å². The fraction of sp³-hybridized carbons (Fsp3) is 0.192. The van der Waals surface area contributed by atoms with Crippen LogP contribution in [0, 0.1) is 23.2 Å². The summed E-state index contributed by atoms with van der Waals surface area (Å²) in [5.74, 6) is 7.95. The standard InChI is InChI=1S/C26H22N4O/c1-3-5-21(4-2)22-11-13-24(14-12-22)31-18-20-8-15-25-28-26(29-30(25)17-20)23-9-6-19(16-27)7-10-23/h6-15,17,21H,4,18H2,1-2H3/t21-/m1/s1. The molecular weight excluding hydrogens is 384 g/mol. The lowest BCUT2D eigenvalue weighted by molar-refractivity contribution is 0.305. The van der Waals surface area contributed by atoms with Crippen molar-refractivity contribution in [2.75, 3.05) is 0 Å². The minimum Gasteiger partial charge on any atom is -0.489 e. The quantitative estimate of drug-likeness (QED) is 0.404. The minimum absolute atomic E-state index is 0.263. The van der Waals surface area contributed by atoms with Gasteiger partial charge < -0.3 is 4.74 Å². The Morgan fingerprint density at radius 3 is 2.48 bits per heavy atom. The molecule has 2 aromatic heterocycles. The van der Waals surface area contributed by atoms with Crippen molar-refractivity contribution >= 4 is 5.65 Å². The summed E-state index contributed by atoms with van der Waals surface area (Å²) in [6.45, 7) is 4.46. The number of benzene rings is 2. The zero-order chi connectivity index (χ0) is 21.6. The van der Waals surface area contributed by atoms with E-state index in [1.807, 2.05) is 49.5 Å². The lowest BCUT2D eigenvalue weighted by Crippen LogP contribution is -1.99. The number of fused-ring (bicyclic) bond motifs is 1. The van der Waals surface area contributed by atoms with Crippen LogP contribution in [0.5, 0.6) is 5.75 Å². The molecule has 1 atom stereocenters. The van der Waals surface area contributed by atoms with Crippen molar-refractivity contribution in [2.24, 2.45) is 0 Å². The fourth-order valence-corrected chi connectivity index (χ4v) is 3.39. The van der Waals surface area contributed by atoms with Crippen molar-refractivity contribution in [3.8, 4) is 35.0 Å². The number of hydrogen-bond acceptors (Lipinski definition) is 4. The van der Waals surface area contributed by atoms with E-state index in [0.717, 1.165) is 28.9 Å². The first-order valence-electron chi connectivity index (χ1n) is 10.2. The van der Waals surface area contributed by atoms with Gasteiger partial charge in [-0.25, -0.2) is 9.50 Å². The van der Waals surface area contributed by atoms with Gasteiger partial charge in [-0.1, -0.05) is 31.0 Å². The van der Waals surface area contributed by atoms with E-state index in [1.165, 1.54) is 5.56 Å². The normalized spacial score (nSPS) is 11.4. The first-order valence-corrected chi connectivity index (χ1v) is 10.2. The molecule has 152 valence electrons. The monoisotopic (exact) mass is 406 g/mol. The van der Waals surface area contributed by atoms with Crippen LogP contribution in [0.2, 0.25) is 0 Å². The van der Waals surface area contributed by atoms with E-state index in [9.17, 15) is 0 Å². The Labute approximate surface area is 181 Å². The Bertz CT molecular complexity index is 1290. The van der Waals surface area contributed by atoms with Gasteiger partial charge in [-0.2, -0.15) is 5.26 Å². The van der Waals surface area contributed by atoms with Crippen molar-refractivity contribution in [1.82, 2.24) is 14.6 Å². The first kappa shape index (κ1) is 20.2. The summed E-state index contributed by atoms with van der Waals surface area (Å²) in [5.41, 5.74) is 4.46. The molecular formula is C26H22N4O. The zero-order valence-corrected chi connectivity index (χ0v) is 17.5. The van der Waals surface area contributed by atoms with E-state index >= 15 is 0 Å². The predicted molar refractivity (Wildman–Crippen MR) is 120 cm³/mol. The number of nitriles is 1. The number of pyridine rings is 1. The van der Waals surface area contributed by atoms with E-state index in [2.05, 4.69) is 47.0 Å². The molecule has 5 heteroatoms. The van der Waals surface area contributed by atoms with Gasteiger partial charge in [-0.05, 0) is 61.4 Å². The highest BCUT2D eigenvalue weighted by Gasteiger charge is 2.08. The third-order valence-corrected chi connectivity index (χ3v) is 5.08. The highest BCUT2D eigenvalue weighted by Crippen LogP contribution is 2.23. The van der Waals surface area contributed by atoms with Gasteiger partial charge in [0.2, 0.25) is 0 Å². The number of aromatic nitrogens is 3. The summed E-state index contributed by atoms with van der Waals surface area (Å²) in [5, 5.41) is 13.5. The van der Waals surface area contributed by atoms with E-state index in [0.29, 0.717) is 18.0 Å². The third-order valence-electron chi connectivity index (χ3n) is 5.08. The minimum atomic E-state index is 0.263.